The molecule has 2 amide bonds. The zero-order valence-electron chi connectivity index (χ0n) is 30.8. The van der Waals surface area contributed by atoms with Crippen LogP contribution >= 0.6 is 11.8 Å². The van der Waals surface area contributed by atoms with Crippen molar-refractivity contribution >= 4 is 73.1 Å². The standard InChI is InChI=1S/C31H47N7O16S3/c1-55-31(48)22-4-2-21(3-5-22)14-32-29(46)23(19-56(49,50)51)34-30(47)24(20-57(52,53)54)33-25(18-39)38-12-10-36(16-27(42)43)8-6-35(15-26(40)41)7-9-37(11-13-38)17-28(44)45/h2-5,18,23-25,33H,6-17,19-20H2,1H3,(H,32,46)(H,34,47)(H,40,41)(H,42,43)(H,44,45)(H,49,50,51)(H,52,53,54)/t23-,24-,25?/m0/s1. The second-order valence-corrected chi connectivity index (χ2v) is 16.6. The summed E-state index contributed by atoms with van der Waals surface area (Å²) >= 11 is 0.976. The summed E-state index contributed by atoms with van der Waals surface area (Å²) in [5, 5.41) is 35.0. The Morgan fingerprint density at radius 2 is 1.12 bits per heavy atom. The van der Waals surface area contributed by atoms with Crippen molar-refractivity contribution in [2.24, 2.45) is 0 Å². The van der Waals surface area contributed by atoms with E-state index in [0.29, 0.717) is 11.1 Å². The van der Waals surface area contributed by atoms with E-state index >= 15 is 0 Å². The van der Waals surface area contributed by atoms with Crippen molar-refractivity contribution in [3.8, 4) is 0 Å². The number of amides is 2. The van der Waals surface area contributed by atoms with Crippen LogP contribution in [0.1, 0.15) is 15.9 Å². The zero-order valence-corrected chi connectivity index (χ0v) is 33.2. The fraction of sp³-hybridized carbons (Fsp3) is 0.581. The lowest BCUT2D eigenvalue weighted by atomic mass is 10.1. The molecule has 1 aliphatic heterocycles. The molecule has 23 nitrogen and oxygen atoms in total. The number of rotatable bonds is 20. The molecule has 1 aromatic rings. The van der Waals surface area contributed by atoms with Crippen LogP contribution in [0.5, 0.6) is 0 Å². The molecule has 0 saturated carbocycles. The van der Waals surface area contributed by atoms with Crippen molar-refractivity contribution in [2.75, 3.05) is 89.8 Å². The van der Waals surface area contributed by atoms with Gasteiger partial charge in [-0.2, -0.15) is 16.8 Å². The lowest BCUT2D eigenvalue weighted by Gasteiger charge is -2.36. The highest BCUT2D eigenvalue weighted by molar-refractivity contribution is 8.13. The van der Waals surface area contributed by atoms with Gasteiger partial charge in [0.15, 0.2) is 6.29 Å². The lowest BCUT2D eigenvalue weighted by molar-refractivity contribution is -0.140. The van der Waals surface area contributed by atoms with E-state index in [-0.39, 0.29) is 70.3 Å². The molecule has 8 N–H and O–H groups in total. The van der Waals surface area contributed by atoms with Gasteiger partial charge in [0.25, 0.3) is 20.2 Å². The molecule has 0 aliphatic carbocycles. The number of nitrogens with zero attached hydrogens (tertiary/aromatic N) is 4. The molecule has 1 aliphatic rings. The number of carbonyl (C=O) groups is 7. The Balaban J connectivity index is 2.38. The van der Waals surface area contributed by atoms with Gasteiger partial charge in [-0.1, -0.05) is 36.0 Å². The number of aliphatic carboxylic acids is 3. The number of hydrogen-bond donors (Lipinski definition) is 8. The first kappa shape index (κ1) is 49.0. The Labute approximate surface area is 332 Å². The van der Waals surface area contributed by atoms with Crippen LogP contribution in [0.2, 0.25) is 0 Å². The molecule has 1 saturated heterocycles. The third-order valence-corrected chi connectivity index (χ3v) is 10.5. The highest BCUT2D eigenvalue weighted by atomic mass is 32.2. The summed E-state index contributed by atoms with van der Waals surface area (Å²) in [6, 6.07) is 1.85. The second kappa shape index (κ2) is 23.3. The van der Waals surface area contributed by atoms with E-state index in [1.54, 1.807) is 6.26 Å². The van der Waals surface area contributed by atoms with E-state index in [1.165, 1.54) is 43.9 Å². The summed E-state index contributed by atoms with van der Waals surface area (Å²) in [6.07, 6.45) is 0.238. The number of thioether (sulfide) groups is 1. The highest BCUT2D eigenvalue weighted by Gasteiger charge is 2.34. The maximum atomic E-state index is 13.6. The van der Waals surface area contributed by atoms with Gasteiger partial charge in [-0.3, -0.25) is 62.8 Å². The Morgan fingerprint density at radius 1 is 0.702 bits per heavy atom. The number of carboxylic acids is 3. The average molecular weight is 870 g/mol. The molecule has 57 heavy (non-hydrogen) atoms. The largest absolute Gasteiger partial charge is 0.480 e. The van der Waals surface area contributed by atoms with E-state index in [1.807, 2.05) is 5.32 Å². The molecule has 26 heteroatoms. The first-order chi connectivity index (χ1) is 26.6. The molecule has 0 radical (unpaired) electrons. The van der Waals surface area contributed by atoms with Crippen LogP contribution in [0.3, 0.4) is 0 Å². The van der Waals surface area contributed by atoms with Gasteiger partial charge in [-0.05, 0) is 11.8 Å². The number of benzene rings is 1. The van der Waals surface area contributed by atoms with E-state index in [2.05, 4.69) is 10.6 Å². The minimum Gasteiger partial charge on any atom is -0.480 e. The van der Waals surface area contributed by atoms with Crippen molar-refractivity contribution in [1.29, 1.82) is 0 Å². The summed E-state index contributed by atoms with van der Waals surface area (Å²) in [4.78, 5) is 91.5. The molecular weight excluding hydrogens is 823 g/mol. The minimum atomic E-state index is -5.04. The first-order valence-electron chi connectivity index (χ1n) is 17.0. The Bertz CT molecular complexity index is 1770. The molecule has 0 aromatic heterocycles. The smallest absolute Gasteiger partial charge is 0.317 e. The van der Waals surface area contributed by atoms with E-state index in [0.717, 1.165) is 11.8 Å². The van der Waals surface area contributed by atoms with Gasteiger partial charge in [-0.15, -0.1) is 0 Å². The van der Waals surface area contributed by atoms with Crippen molar-refractivity contribution in [2.45, 2.75) is 24.8 Å². The van der Waals surface area contributed by atoms with Crippen LogP contribution in [-0.4, -0.2) is 210 Å². The van der Waals surface area contributed by atoms with Crippen molar-refractivity contribution < 1.29 is 74.8 Å². The maximum Gasteiger partial charge on any atom is 0.317 e. The molecule has 1 unspecified atom stereocenters. The van der Waals surface area contributed by atoms with Gasteiger partial charge in [0.05, 0.1) is 25.4 Å². The van der Waals surface area contributed by atoms with Crippen LogP contribution in [-0.2, 0) is 55.5 Å². The molecule has 3 atom stereocenters. The Hall–Kier alpha value is -4.12. The third kappa shape index (κ3) is 19.7. The van der Waals surface area contributed by atoms with Gasteiger partial charge in [0.1, 0.15) is 24.0 Å². The maximum absolute atomic E-state index is 13.6. The molecule has 0 spiro atoms. The molecule has 2 rings (SSSR count). The number of nitrogens with one attached hydrogen (secondary N) is 3. The highest BCUT2D eigenvalue weighted by Crippen LogP contribution is 2.11. The second-order valence-electron chi connectivity index (χ2n) is 12.8. The van der Waals surface area contributed by atoms with Crippen LogP contribution in [0.25, 0.3) is 0 Å². The predicted octanol–water partition coefficient (Wildman–Crippen LogP) is -3.98. The zero-order chi connectivity index (χ0) is 42.9. The average Bonchev–Trinajstić information content (AvgIpc) is 3.10. The normalized spacial score (nSPS) is 17.5. The van der Waals surface area contributed by atoms with E-state index in [9.17, 15) is 74.8 Å². The molecule has 1 aromatic carbocycles. The lowest BCUT2D eigenvalue weighted by Crippen LogP contribution is -2.61. The summed E-state index contributed by atoms with van der Waals surface area (Å²) in [5.74, 6) is -8.97. The van der Waals surface area contributed by atoms with Crippen LogP contribution < -0.4 is 16.0 Å². The number of hydrogen-bond acceptors (Lipinski definition) is 17. The van der Waals surface area contributed by atoms with Crippen LogP contribution in [0.4, 0.5) is 0 Å². The van der Waals surface area contributed by atoms with Crippen molar-refractivity contribution in [1.82, 2.24) is 35.6 Å². The molecule has 0 bridgehead atoms. The predicted molar refractivity (Wildman–Crippen MR) is 201 cm³/mol. The number of aldehydes is 1. The summed E-state index contributed by atoms with van der Waals surface area (Å²) in [5.41, 5.74) is 0.817. The Morgan fingerprint density at radius 3 is 1.51 bits per heavy atom. The topological polar surface area (TPSA) is 338 Å². The summed E-state index contributed by atoms with van der Waals surface area (Å²) < 4.78 is 67.1. The SMILES string of the molecule is CSC(=O)c1ccc(CNC(=O)[C@H](CS(=O)(=O)O)NC(=O)[C@H](CS(=O)(=O)O)NC(C=O)N2CCN(CC(=O)O)CCN(CC(=O)O)CCN(CC(=O)O)CC2)cc1. The number of carbonyl (C=O) groups excluding carboxylic acids is 4. The van der Waals surface area contributed by atoms with E-state index < -0.39 is 99.3 Å². The third-order valence-electron chi connectivity index (χ3n) is 8.39. The number of carboxylic acid groups (broad SMARTS) is 3. The fourth-order valence-corrected chi connectivity index (χ4v) is 7.28. The van der Waals surface area contributed by atoms with Crippen molar-refractivity contribution in [3.63, 3.8) is 0 Å². The molecule has 320 valence electrons. The van der Waals surface area contributed by atoms with Gasteiger partial charge in [0, 0.05) is 64.5 Å². The van der Waals surface area contributed by atoms with E-state index in [4.69, 9.17) is 0 Å². The van der Waals surface area contributed by atoms with Crippen molar-refractivity contribution in [3.05, 3.63) is 35.4 Å². The van der Waals surface area contributed by atoms with Gasteiger partial charge in [-0.25, -0.2) is 0 Å². The summed E-state index contributed by atoms with van der Waals surface area (Å²) in [6.45, 7) is -1.97. The quantitative estimate of drug-likeness (QED) is 0.0458. The fourth-order valence-electron chi connectivity index (χ4n) is 5.58. The molecular formula is C31H47N7O16S3. The summed E-state index contributed by atoms with van der Waals surface area (Å²) in [7, 11) is -10.0. The first-order valence-corrected chi connectivity index (χ1v) is 21.5. The molecule has 1 heterocycles. The van der Waals surface area contributed by atoms with Gasteiger partial charge in [0.2, 0.25) is 16.9 Å². The Kier molecular flexibility index (Phi) is 20.1. The monoisotopic (exact) mass is 869 g/mol. The van der Waals surface area contributed by atoms with Gasteiger partial charge < -0.3 is 30.7 Å². The van der Waals surface area contributed by atoms with Crippen LogP contribution in [0, 0.1) is 0 Å². The minimum absolute atomic E-state index is 0.0273. The van der Waals surface area contributed by atoms with Gasteiger partial charge >= 0.3 is 17.9 Å². The molecule has 1 fully saturated rings. The van der Waals surface area contributed by atoms with Crippen LogP contribution in [0.15, 0.2) is 24.3 Å².